The van der Waals surface area contributed by atoms with Crippen molar-refractivity contribution in [2.75, 3.05) is 5.43 Å². The Morgan fingerprint density at radius 2 is 1.96 bits per heavy atom. The van der Waals surface area contributed by atoms with Gasteiger partial charge in [-0.3, -0.25) is 9.78 Å². The standard InChI is InChI=1S/C18H11F2N5O2/c19-13-6-7-14(26)15(20)12(13)9-22-25-18-23-16(10-4-2-1-3-5-10)11(8-21)17(27)24-18/h1-7,9,26H,(H2,23,24,25,27). The molecular weight excluding hydrogens is 356 g/mol. The minimum atomic E-state index is -1.17. The van der Waals surface area contributed by atoms with Crippen LogP contribution >= 0.6 is 0 Å². The molecular formula is C18H11F2N5O2. The second-order valence-corrected chi connectivity index (χ2v) is 5.28. The van der Waals surface area contributed by atoms with Gasteiger partial charge in [0.25, 0.3) is 5.56 Å². The summed E-state index contributed by atoms with van der Waals surface area (Å²) in [4.78, 5) is 18.5. The number of nitrogens with zero attached hydrogens (tertiary/aromatic N) is 3. The molecule has 0 atom stereocenters. The Morgan fingerprint density at radius 1 is 1.22 bits per heavy atom. The van der Waals surface area contributed by atoms with E-state index in [0.29, 0.717) is 5.56 Å². The van der Waals surface area contributed by atoms with Crippen LogP contribution in [0.1, 0.15) is 11.1 Å². The lowest BCUT2D eigenvalue weighted by molar-refractivity contribution is 0.427. The molecule has 134 valence electrons. The van der Waals surface area contributed by atoms with Crippen LogP contribution in [-0.2, 0) is 0 Å². The van der Waals surface area contributed by atoms with Gasteiger partial charge in [-0.2, -0.15) is 10.4 Å². The fourth-order valence-corrected chi connectivity index (χ4v) is 2.27. The number of aromatic amines is 1. The Bertz CT molecular complexity index is 1120. The third kappa shape index (κ3) is 3.64. The Balaban J connectivity index is 1.95. The first-order chi connectivity index (χ1) is 13.0. The summed E-state index contributed by atoms with van der Waals surface area (Å²) in [7, 11) is 0. The van der Waals surface area contributed by atoms with Crippen molar-refractivity contribution < 1.29 is 13.9 Å². The molecule has 0 aliphatic rings. The molecule has 2 aromatic carbocycles. The second-order valence-electron chi connectivity index (χ2n) is 5.28. The van der Waals surface area contributed by atoms with E-state index in [1.54, 1.807) is 36.4 Å². The molecule has 3 N–H and O–H groups in total. The summed E-state index contributed by atoms with van der Waals surface area (Å²) >= 11 is 0. The molecule has 0 bridgehead atoms. The molecule has 3 rings (SSSR count). The van der Waals surface area contributed by atoms with Gasteiger partial charge in [-0.1, -0.05) is 30.3 Å². The largest absolute Gasteiger partial charge is 0.505 e. The molecule has 0 radical (unpaired) electrons. The van der Waals surface area contributed by atoms with Gasteiger partial charge in [0.05, 0.1) is 17.5 Å². The molecule has 1 aromatic heterocycles. The molecule has 0 unspecified atom stereocenters. The predicted octanol–water partition coefficient (Wildman–Crippen LogP) is 2.74. The highest BCUT2D eigenvalue weighted by molar-refractivity contribution is 5.81. The third-order valence-electron chi connectivity index (χ3n) is 3.55. The van der Waals surface area contributed by atoms with E-state index in [1.165, 1.54) is 0 Å². The molecule has 0 amide bonds. The molecule has 9 heteroatoms. The number of hydrogen-bond donors (Lipinski definition) is 3. The molecule has 0 aliphatic heterocycles. The predicted molar refractivity (Wildman–Crippen MR) is 94.2 cm³/mol. The van der Waals surface area contributed by atoms with Crippen molar-refractivity contribution in [3.8, 4) is 23.1 Å². The van der Waals surface area contributed by atoms with Crippen molar-refractivity contribution >= 4 is 12.2 Å². The number of rotatable bonds is 4. The normalized spacial score (nSPS) is 10.7. The van der Waals surface area contributed by atoms with E-state index < -0.39 is 28.5 Å². The maximum atomic E-state index is 13.7. The van der Waals surface area contributed by atoms with E-state index in [4.69, 9.17) is 0 Å². The van der Waals surface area contributed by atoms with Crippen LogP contribution in [0.15, 0.2) is 52.4 Å². The monoisotopic (exact) mass is 367 g/mol. The number of halogens is 2. The summed E-state index contributed by atoms with van der Waals surface area (Å²) in [5.41, 5.74) is 1.58. The van der Waals surface area contributed by atoms with Gasteiger partial charge in [-0.05, 0) is 12.1 Å². The maximum Gasteiger partial charge on any atom is 0.270 e. The SMILES string of the molecule is N#Cc1c(-c2ccccc2)nc(NN=Cc2c(F)ccc(O)c2F)[nH]c1=O. The van der Waals surface area contributed by atoms with Crippen molar-refractivity contribution in [3.05, 3.63) is 75.6 Å². The van der Waals surface area contributed by atoms with E-state index in [-0.39, 0.29) is 17.2 Å². The summed E-state index contributed by atoms with van der Waals surface area (Å²) in [5, 5.41) is 22.1. The fraction of sp³-hybridized carbons (Fsp3) is 0. The van der Waals surface area contributed by atoms with Crippen molar-refractivity contribution in [2.24, 2.45) is 5.10 Å². The van der Waals surface area contributed by atoms with Crippen LogP contribution in [0.4, 0.5) is 14.7 Å². The average Bonchev–Trinajstić information content (AvgIpc) is 2.68. The summed E-state index contributed by atoms with van der Waals surface area (Å²) in [6.45, 7) is 0. The van der Waals surface area contributed by atoms with Gasteiger partial charge >= 0.3 is 0 Å². The first kappa shape index (κ1) is 17.8. The lowest BCUT2D eigenvalue weighted by Gasteiger charge is -2.06. The van der Waals surface area contributed by atoms with E-state index in [1.807, 2.05) is 0 Å². The molecule has 0 saturated heterocycles. The molecule has 27 heavy (non-hydrogen) atoms. The lowest BCUT2D eigenvalue weighted by Crippen LogP contribution is -2.16. The molecule has 7 nitrogen and oxygen atoms in total. The number of hydrazone groups is 1. The number of phenols is 1. The van der Waals surface area contributed by atoms with Crippen LogP contribution < -0.4 is 11.0 Å². The average molecular weight is 367 g/mol. The maximum absolute atomic E-state index is 13.7. The summed E-state index contributed by atoms with van der Waals surface area (Å²) in [6, 6.07) is 12.1. The molecule has 3 aromatic rings. The number of benzene rings is 2. The molecule has 1 heterocycles. The number of hydrogen-bond acceptors (Lipinski definition) is 6. The minimum absolute atomic E-state index is 0.130. The molecule has 0 saturated carbocycles. The number of H-pyrrole nitrogens is 1. The number of nitriles is 1. The molecule has 0 aliphatic carbocycles. The quantitative estimate of drug-likeness (QED) is 0.485. The highest BCUT2D eigenvalue weighted by Gasteiger charge is 2.13. The van der Waals surface area contributed by atoms with Crippen molar-refractivity contribution in [1.29, 1.82) is 5.26 Å². The zero-order valence-electron chi connectivity index (χ0n) is 13.6. The van der Waals surface area contributed by atoms with Crippen LogP contribution in [-0.4, -0.2) is 21.3 Å². The molecule has 0 fully saturated rings. The lowest BCUT2D eigenvalue weighted by atomic mass is 10.1. The number of anilines is 1. The smallest absolute Gasteiger partial charge is 0.270 e. The number of phenolic OH excluding ortho intramolecular Hbond substituents is 1. The molecule has 0 spiro atoms. The summed E-state index contributed by atoms with van der Waals surface area (Å²) in [5.74, 6) is -2.96. The zero-order valence-corrected chi connectivity index (χ0v) is 13.6. The van der Waals surface area contributed by atoms with Gasteiger partial charge in [0.2, 0.25) is 5.95 Å². The van der Waals surface area contributed by atoms with Crippen molar-refractivity contribution in [1.82, 2.24) is 9.97 Å². The zero-order chi connectivity index (χ0) is 19.4. The highest BCUT2D eigenvalue weighted by Crippen LogP contribution is 2.21. The van der Waals surface area contributed by atoms with E-state index in [2.05, 4.69) is 20.5 Å². The fourth-order valence-electron chi connectivity index (χ4n) is 2.27. The van der Waals surface area contributed by atoms with Crippen LogP contribution in [0, 0.1) is 23.0 Å². The van der Waals surface area contributed by atoms with Gasteiger partial charge in [0.15, 0.2) is 11.6 Å². The van der Waals surface area contributed by atoms with Crippen LogP contribution in [0.2, 0.25) is 0 Å². The van der Waals surface area contributed by atoms with Crippen molar-refractivity contribution in [3.63, 3.8) is 0 Å². The highest BCUT2D eigenvalue weighted by atomic mass is 19.1. The third-order valence-corrected chi connectivity index (χ3v) is 3.55. The Hall–Kier alpha value is -4.06. The van der Waals surface area contributed by atoms with Gasteiger partial charge in [-0.15, -0.1) is 0 Å². The minimum Gasteiger partial charge on any atom is -0.505 e. The van der Waals surface area contributed by atoms with Gasteiger partial charge in [-0.25, -0.2) is 19.2 Å². The van der Waals surface area contributed by atoms with Gasteiger partial charge in [0.1, 0.15) is 17.4 Å². The van der Waals surface area contributed by atoms with E-state index in [0.717, 1.165) is 18.3 Å². The van der Waals surface area contributed by atoms with Crippen molar-refractivity contribution in [2.45, 2.75) is 0 Å². The van der Waals surface area contributed by atoms with Crippen LogP contribution in [0.25, 0.3) is 11.3 Å². The second kappa shape index (κ2) is 7.45. The number of aromatic hydroxyl groups is 1. The van der Waals surface area contributed by atoms with Crippen LogP contribution in [0.5, 0.6) is 5.75 Å². The summed E-state index contributed by atoms with van der Waals surface area (Å²) < 4.78 is 27.3. The van der Waals surface area contributed by atoms with Crippen LogP contribution in [0.3, 0.4) is 0 Å². The topological polar surface area (TPSA) is 114 Å². The number of aromatic nitrogens is 2. The summed E-state index contributed by atoms with van der Waals surface area (Å²) in [6.07, 6.45) is 0.796. The Kier molecular flexibility index (Phi) is 4.90. The Labute approximate surface area is 151 Å². The number of nitrogens with one attached hydrogen (secondary N) is 2. The first-order valence-corrected chi connectivity index (χ1v) is 7.57. The van der Waals surface area contributed by atoms with Gasteiger partial charge < -0.3 is 5.11 Å². The first-order valence-electron chi connectivity index (χ1n) is 7.57. The Morgan fingerprint density at radius 3 is 2.67 bits per heavy atom. The van der Waals surface area contributed by atoms with E-state index >= 15 is 0 Å². The van der Waals surface area contributed by atoms with E-state index in [9.17, 15) is 23.9 Å². The van der Waals surface area contributed by atoms with Gasteiger partial charge in [0, 0.05) is 5.56 Å².